The summed E-state index contributed by atoms with van der Waals surface area (Å²) in [6.45, 7) is 7.74. The Kier molecular flexibility index (Phi) is 7.00. The van der Waals surface area contributed by atoms with Crippen LogP contribution in [0.1, 0.15) is 0 Å². The minimum Gasteiger partial charge on any atom is -0.494 e. The summed E-state index contributed by atoms with van der Waals surface area (Å²) in [7, 11) is -1.02. The van der Waals surface area contributed by atoms with Gasteiger partial charge in [-0.3, -0.25) is 4.79 Å². The lowest BCUT2D eigenvalue weighted by Crippen LogP contribution is -2.36. The van der Waals surface area contributed by atoms with Crippen LogP contribution in [0.5, 0.6) is 11.5 Å². The molecule has 0 spiro atoms. The van der Waals surface area contributed by atoms with Gasteiger partial charge < -0.3 is 29.6 Å². The van der Waals surface area contributed by atoms with Crippen LogP contribution in [0.25, 0.3) is 0 Å². The Labute approximate surface area is 208 Å². The van der Waals surface area contributed by atoms with Crippen molar-refractivity contribution < 1.29 is 18.8 Å². The zero-order chi connectivity index (χ0) is 25.2. The molecule has 0 saturated heterocycles. The van der Waals surface area contributed by atoms with Crippen molar-refractivity contribution in [3.05, 3.63) is 60.3 Å². The molecule has 0 atom stereocenters. The average Bonchev–Trinajstić information content (AvgIpc) is 2.84. The summed E-state index contributed by atoms with van der Waals surface area (Å²) in [6.07, 6.45) is 2.72. The molecule has 4 rings (SSSR count). The van der Waals surface area contributed by atoms with E-state index in [4.69, 9.17) is 21.1 Å². The molecule has 1 aromatic heterocycles. The minimum atomic E-state index is -2.55. The average molecular weight is 514 g/mol. The van der Waals surface area contributed by atoms with E-state index in [9.17, 15) is 9.36 Å². The lowest BCUT2D eigenvalue weighted by Gasteiger charge is -2.29. The summed E-state index contributed by atoms with van der Waals surface area (Å²) in [4.78, 5) is 22.7. The van der Waals surface area contributed by atoms with Gasteiger partial charge in [-0.1, -0.05) is 30.3 Å². The highest BCUT2D eigenvalue weighted by Crippen LogP contribution is 2.42. The van der Waals surface area contributed by atoms with Gasteiger partial charge in [-0.2, -0.15) is 4.98 Å². The first-order valence-electron chi connectivity index (χ1n) is 10.7. The third-order valence-electron chi connectivity index (χ3n) is 5.31. The molecular weight excluding hydrogens is 489 g/mol. The predicted octanol–water partition coefficient (Wildman–Crippen LogP) is 4.79. The fourth-order valence-electron chi connectivity index (χ4n) is 3.66. The first kappa shape index (κ1) is 24.6. The molecule has 0 bridgehead atoms. The van der Waals surface area contributed by atoms with Crippen LogP contribution >= 0.6 is 18.7 Å². The van der Waals surface area contributed by atoms with Gasteiger partial charge in [0, 0.05) is 11.4 Å². The number of carbonyl (C=O) groups excluding carboxylic acids is 1. The summed E-state index contributed by atoms with van der Waals surface area (Å²) < 4.78 is 24.0. The van der Waals surface area contributed by atoms with Crippen molar-refractivity contribution in [3.8, 4) is 11.5 Å². The molecule has 11 heteroatoms. The molecule has 0 saturated carbocycles. The van der Waals surface area contributed by atoms with Gasteiger partial charge in [0.05, 0.1) is 36.9 Å². The normalized spacial score (nSPS) is 12.9. The maximum Gasteiger partial charge on any atom is 0.250 e. The van der Waals surface area contributed by atoms with Gasteiger partial charge in [-0.05, 0) is 37.6 Å². The maximum absolute atomic E-state index is 12.7. The number of nitrogens with zero attached hydrogens (tertiary/aromatic N) is 3. The van der Waals surface area contributed by atoms with Gasteiger partial charge in [0.25, 0.3) is 5.91 Å². The standard InChI is InChI=1S/C24H25ClN5O4P/c1-5-22(31)30-10-11-34-20-13-19(33-2)17(12-18(20)30)28-24-26-14-15(25)23(29-24)27-16-8-6-7-9-21(16)35(3,4)32/h5-9,12-14H,1,10-11H2,2-4H3,(H2,26,27,28,29). The number of anilines is 5. The number of hydrogen-bond acceptors (Lipinski definition) is 8. The Morgan fingerprint density at radius 3 is 2.74 bits per heavy atom. The number of aromatic nitrogens is 2. The molecule has 35 heavy (non-hydrogen) atoms. The highest BCUT2D eigenvalue weighted by molar-refractivity contribution is 7.70. The molecule has 2 aromatic carbocycles. The largest absolute Gasteiger partial charge is 0.494 e. The van der Waals surface area contributed by atoms with Crippen molar-refractivity contribution in [1.82, 2.24) is 9.97 Å². The summed E-state index contributed by atoms with van der Waals surface area (Å²) in [6, 6.07) is 10.7. The molecule has 1 amide bonds. The fraction of sp³-hybridized carbons (Fsp3) is 0.208. The molecule has 3 aromatic rings. The van der Waals surface area contributed by atoms with Gasteiger partial charge in [0.1, 0.15) is 30.3 Å². The number of amides is 1. The number of ether oxygens (including phenoxy) is 2. The van der Waals surface area contributed by atoms with E-state index in [1.807, 2.05) is 24.3 Å². The molecule has 0 radical (unpaired) electrons. The molecule has 0 fully saturated rings. The molecule has 1 aliphatic heterocycles. The first-order chi connectivity index (χ1) is 16.7. The molecule has 2 heterocycles. The van der Waals surface area contributed by atoms with Gasteiger partial charge in [-0.15, -0.1) is 0 Å². The summed E-state index contributed by atoms with van der Waals surface area (Å²) in [5, 5.41) is 7.28. The van der Waals surface area contributed by atoms with E-state index in [2.05, 4.69) is 27.2 Å². The topological polar surface area (TPSA) is 106 Å². The molecule has 182 valence electrons. The van der Waals surface area contributed by atoms with E-state index in [1.165, 1.54) is 19.4 Å². The lowest BCUT2D eigenvalue weighted by molar-refractivity contribution is -0.114. The highest BCUT2D eigenvalue weighted by atomic mass is 35.5. The van der Waals surface area contributed by atoms with Crippen molar-refractivity contribution in [2.24, 2.45) is 0 Å². The van der Waals surface area contributed by atoms with Crippen LogP contribution < -0.4 is 30.3 Å². The van der Waals surface area contributed by atoms with E-state index >= 15 is 0 Å². The number of halogens is 1. The van der Waals surface area contributed by atoms with Crippen molar-refractivity contribution in [2.75, 3.05) is 49.1 Å². The number of rotatable bonds is 7. The molecule has 2 N–H and O–H groups in total. The van der Waals surface area contributed by atoms with Crippen molar-refractivity contribution >= 4 is 58.8 Å². The zero-order valence-corrected chi connectivity index (χ0v) is 21.2. The number of hydrogen-bond donors (Lipinski definition) is 2. The smallest absolute Gasteiger partial charge is 0.250 e. The second-order valence-electron chi connectivity index (χ2n) is 8.07. The first-order valence-corrected chi connectivity index (χ1v) is 13.7. The van der Waals surface area contributed by atoms with E-state index in [0.717, 1.165) is 0 Å². The molecule has 1 aliphatic rings. The monoisotopic (exact) mass is 513 g/mol. The van der Waals surface area contributed by atoms with Crippen molar-refractivity contribution in [2.45, 2.75) is 0 Å². The van der Waals surface area contributed by atoms with Crippen LogP contribution in [0.3, 0.4) is 0 Å². The Bertz CT molecular complexity index is 1340. The number of nitrogens with one attached hydrogen (secondary N) is 2. The molecule has 9 nitrogen and oxygen atoms in total. The maximum atomic E-state index is 12.7. The Morgan fingerprint density at radius 2 is 2.03 bits per heavy atom. The van der Waals surface area contributed by atoms with E-state index in [1.54, 1.807) is 30.4 Å². The third-order valence-corrected chi connectivity index (χ3v) is 7.14. The van der Waals surface area contributed by atoms with Crippen LogP contribution in [-0.4, -0.2) is 49.5 Å². The Hall–Kier alpha value is -3.55. The number of carbonyl (C=O) groups is 1. The van der Waals surface area contributed by atoms with Crippen LogP contribution in [0, 0.1) is 0 Å². The molecule has 0 aliphatic carbocycles. The van der Waals surface area contributed by atoms with Gasteiger partial charge >= 0.3 is 0 Å². The SMILES string of the molecule is C=CC(=O)N1CCOc2cc(OC)c(Nc3ncc(Cl)c(Nc4ccccc4P(C)(C)=O)n3)cc21. The molecular formula is C24H25ClN5O4P. The summed E-state index contributed by atoms with van der Waals surface area (Å²) >= 11 is 6.36. The van der Waals surface area contributed by atoms with Gasteiger partial charge in [0.15, 0.2) is 5.82 Å². The second-order valence-corrected chi connectivity index (χ2v) is 11.7. The quantitative estimate of drug-likeness (QED) is 0.343. The zero-order valence-electron chi connectivity index (χ0n) is 19.5. The number of benzene rings is 2. The number of methoxy groups -OCH3 is 1. The predicted molar refractivity (Wildman–Crippen MR) is 140 cm³/mol. The van der Waals surface area contributed by atoms with Gasteiger partial charge in [0.2, 0.25) is 5.95 Å². The Balaban J connectivity index is 1.68. The molecule has 0 unspecified atom stereocenters. The minimum absolute atomic E-state index is 0.234. The van der Waals surface area contributed by atoms with Crippen molar-refractivity contribution in [1.29, 1.82) is 0 Å². The van der Waals surface area contributed by atoms with Crippen molar-refractivity contribution in [3.63, 3.8) is 0 Å². The van der Waals surface area contributed by atoms with Crippen LogP contribution in [0.2, 0.25) is 5.02 Å². The van der Waals surface area contributed by atoms with Gasteiger partial charge in [-0.25, -0.2) is 4.98 Å². The Morgan fingerprint density at radius 1 is 1.26 bits per heavy atom. The van der Waals surface area contributed by atoms with E-state index < -0.39 is 7.14 Å². The third kappa shape index (κ3) is 5.26. The summed E-state index contributed by atoms with van der Waals surface area (Å²) in [5.41, 5.74) is 1.75. The summed E-state index contributed by atoms with van der Waals surface area (Å²) in [5.74, 6) is 1.35. The highest BCUT2D eigenvalue weighted by Gasteiger charge is 2.25. The van der Waals surface area contributed by atoms with E-state index in [-0.39, 0.29) is 11.9 Å². The number of fused-ring (bicyclic) bond motifs is 1. The lowest BCUT2D eigenvalue weighted by atomic mass is 10.2. The fourth-order valence-corrected chi connectivity index (χ4v) is 4.96. The van der Waals surface area contributed by atoms with E-state index in [0.29, 0.717) is 57.9 Å². The van der Waals surface area contributed by atoms with Crippen LogP contribution in [-0.2, 0) is 9.36 Å². The number of para-hydroxylation sites is 1. The van der Waals surface area contributed by atoms with Crippen LogP contribution in [0.4, 0.5) is 28.8 Å². The second kappa shape index (κ2) is 9.98. The van der Waals surface area contributed by atoms with Crippen LogP contribution in [0.15, 0.2) is 55.3 Å².